The van der Waals surface area contributed by atoms with Crippen molar-refractivity contribution in [2.45, 2.75) is 39.3 Å². The third-order valence-corrected chi connectivity index (χ3v) is 4.33. The van der Waals surface area contributed by atoms with Gasteiger partial charge in [-0.3, -0.25) is 14.9 Å². The molecule has 0 bridgehead atoms. The molecule has 27 heavy (non-hydrogen) atoms. The van der Waals surface area contributed by atoms with Crippen molar-refractivity contribution in [3.05, 3.63) is 71.3 Å². The van der Waals surface area contributed by atoms with E-state index in [1.807, 2.05) is 44.2 Å². The van der Waals surface area contributed by atoms with Gasteiger partial charge in [0.25, 0.3) is 0 Å². The van der Waals surface area contributed by atoms with Crippen LogP contribution < -0.4 is 16.0 Å². The molecule has 2 rings (SSSR count). The van der Waals surface area contributed by atoms with Crippen molar-refractivity contribution in [3.63, 3.8) is 0 Å². The molecular weight excluding hydrogens is 338 g/mol. The van der Waals surface area contributed by atoms with Crippen LogP contribution in [-0.2, 0) is 9.59 Å². The van der Waals surface area contributed by atoms with Crippen molar-refractivity contribution in [3.8, 4) is 0 Å². The summed E-state index contributed by atoms with van der Waals surface area (Å²) in [7, 11) is 0. The quantitative estimate of drug-likeness (QED) is 0.638. The van der Waals surface area contributed by atoms with Crippen molar-refractivity contribution >= 4 is 11.8 Å². The molecule has 0 aromatic heterocycles. The molecule has 0 aliphatic rings. The van der Waals surface area contributed by atoms with Crippen molar-refractivity contribution < 1.29 is 9.59 Å². The number of carbonyl (C=O) groups is 2. The van der Waals surface area contributed by atoms with Crippen LogP contribution in [-0.4, -0.2) is 30.9 Å². The van der Waals surface area contributed by atoms with Gasteiger partial charge in [0.15, 0.2) is 0 Å². The van der Waals surface area contributed by atoms with E-state index < -0.39 is 6.04 Å². The van der Waals surface area contributed by atoms with Gasteiger partial charge >= 0.3 is 0 Å². The number of hydrogen-bond acceptors (Lipinski definition) is 3. The monoisotopic (exact) mass is 367 g/mol. The van der Waals surface area contributed by atoms with Gasteiger partial charge < -0.3 is 10.6 Å². The Balaban J connectivity index is 2.00. The minimum Gasteiger partial charge on any atom is -0.354 e. The highest BCUT2D eigenvalue weighted by atomic mass is 16.2. The summed E-state index contributed by atoms with van der Waals surface area (Å²) in [5, 5.41) is 8.84. The van der Waals surface area contributed by atoms with Crippen LogP contribution in [0.2, 0.25) is 0 Å². The average Bonchev–Trinajstić information content (AvgIpc) is 2.68. The standard InChI is InChI=1S/C22H29N3O2/c1-4-14-23-22(27)17(3)25-20(26)15-24-21(18-8-6-5-7-9-18)19-12-10-16(2)11-13-19/h5-13,17,21,24H,4,14-15H2,1-3H3,(H,23,27)(H,25,26)/t17-,21+/m0/s1. The van der Waals surface area contributed by atoms with Crippen LogP contribution in [0.4, 0.5) is 0 Å². The van der Waals surface area contributed by atoms with Crippen LogP contribution in [0.1, 0.15) is 43.0 Å². The van der Waals surface area contributed by atoms with Crippen LogP contribution >= 0.6 is 0 Å². The summed E-state index contributed by atoms with van der Waals surface area (Å²) < 4.78 is 0. The molecule has 3 N–H and O–H groups in total. The van der Waals surface area contributed by atoms with Crippen LogP contribution in [0.25, 0.3) is 0 Å². The minimum atomic E-state index is -0.555. The van der Waals surface area contributed by atoms with Gasteiger partial charge in [-0.15, -0.1) is 0 Å². The lowest BCUT2D eigenvalue weighted by Gasteiger charge is -2.21. The van der Waals surface area contributed by atoms with E-state index in [0.717, 1.165) is 17.5 Å². The summed E-state index contributed by atoms with van der Waals surface area (Å²) >= 11 is 0. The first-order valence-electron chi connectivity index (χ1n) is 9.43. The van der Waals surface area contributed by atoms with Crippen LogP contribution in [0.5, 0.6) is 0 Å². The Morgan fingerprint density at radius 1 is 0.963 bits per heavy atom. The highest BCUT2D eigenvalue weighted by Crippen LogP contribution is 2.22. The fraction of sp³-hybridized carbons (Fsp3) is 0.364. The van der Waals surface area contributed by atoms with Gasteiger partial charge in [-0.25, -0.2) is 0 Å². The molecule has 2 aromatic rings. The van der Waals surface area contributed by atoms with E-state index in [4.69, 9.17) is 0 Å². The largest absolute Gasteiger partial charge is 0.354 e. The zero-order valence-electron chi connectivity index (χ0n) is 16.3. The van der Waals surface area contributed by atoms with E-state index in [1.54, 1.807) is 6.92 Å². The van der Waals surface area contributed by atoms with Crippen LogP contribution in [0.3, 0.4) is 0 Å². The Morgan fingerprint density at radius 3 is 2.22 bits per heavy atom. The molecule has 5 nitrogen and oxygen atoms in total. The molecule has 0 fully saturated rings. The maximum absolute atomic E-state index is 12.3. The number of rotatable bonds is 9. The Hall–Kier alpha value is -2.66. The third-order valence-electron chi connectivity index (χ3n) is 4.33. The Kier molecular flexibility index (Phi) is 8.01. The Labute approximate surface area is 161 Å². The molecule has 0 saturated heterocycles. The predicted octanol–water partition coefficient (Wildman–Crippen LogP) is 2.70. The molecule has 0 heterocycles. The molecule has 0 spiro atoms. The van der Waals surface area contributed by atoms with E-state index in [2.05, 4.69) is 40.2 Å². The van der Waals surface area contributed by atoms with Crippen molar-refractivity contribution in [1.82, 2.24) is 16.0 Å². The summed E-state index contributed by atoms with van der Waals surface area (Å²) in [5.74, 6) is -0.370. The third kappa shape index (κ3) is 6.53. The number of aryl methyl sites for hydroxylation is 1. The average molecular weight is 367 g/mol. The highest BCUT2D eigenvalue weighted by molar-refractivity contribution is 5.87. The van der Waals surface area contributed by atoms with Gasteiger partial charge in [0.2, 0.25) is 11.8 Å². The lowest BCUT2D eigenvalue weighted by atomic mass is 9.98. The molecule has 2 atom stereocenters. The molecule has 0 aliphatic carbocycles. The van der Waals surface area contributed by atoms with Gasteiger partial charge in [0.05, 0.1) is 12.6 Å². The van der Waals surface area contributed by atoms with E-state index in [9.17, 15) is 9.59 Å². The molecule has 0 unspecified atom stereocenters. The molecular formula is C22H29N3O2. The summed E-state index contributed by atoms with van der Waals surface area (Å²) in [6.07, 6.45) is 0.864. The molecule has 2 amide bonds. The second-order valence-corrected chi connectivity index (χ2v) is 6.72. The van der Waals surface area contributed by atoms with Crippen LogP contribution in [0.15, 0.2) is 54.6 Å². The number of amides is 2. The van der Waals surface area contributed by atoms with Crippen molar-refractivity contribution in [2.75, 3.05) is 13.1 Å². The highest BCUT2D eigenvalue weighted by Gasteiger charge is 2.18. The lowest BCUT2D eigenvalue weighted by molar-refractivity contribution is -0.128. The normalized spacial score (nSPS) is 12.9. The first kappa shape index (κ1) is 20.6. The Bertz CT molecular complexity index is 729. The number of nitrogens with one attached hydrogen (secondary N) is 3. The van der Waals surface area contributed by atoms with Crippen LogP contribution in [0, 0.1) is 6.92 Å². The summed E-state index contributed by atoms with van der Waals surface area (Å²) in [6, 6.07) is 17.6. The van der Waals surface area contributed by atoms with E-state index >= 15 is 0 Å². The van der Waals surface area contributed by atoms with Gasteiger partial charge in [-0.1, -0.05) is 67.1 Å². The second-order valence-electron chi connectivity index (χ2n) is 6.72. The van der Waals surface area contributed by atoms with Gasteiger partial charge in [0.1, 0.15) is 6.04 Å². The summed E-state index contributed by atoms with van der Waals surface area (Å²) in [5.41, 5.74) is 3.37. The molecule has 2 aromatic carbocycles. The number of hydrogen-bond donors (Lipinski definition) is 3. The van der Waals surface area contributed by atoms with Gasteiger partial charge in [0, 0.05) is 6.54 Å². The number of carbonyl (C=O) groups excluding carboxylic acids is 2. The molecule has 5 heteroatoms. The topological polar surface area (TPSA) is 70.2 Å². The summed E-state index contributed by atoms with van der Waals surface area (Å²) in [4.78, 5) is 24.2. The fourth-order valence-electron chi connectivity index (χ4n) is 2.79. The molecule has 0 radical (unpaired) electrons. The van der Waals surface area contributed by atoms with E-state index in [0.29, 0.717) is 6.54 Å². The zero-order chi connectivity index (χ0) is 19.6. The first-order valence-corrected chi connectivity index (χ1v) is 9.43. The first-order chi connectivity index (χ1) is 13.0. The maximum atomic E-state index is 12.3. The van der Waals surface area contributed by atoms with E-state index in [-0.39, 0.29) is 24.4 Å². The molecule has 144 valence electrons. The zero-order valence-corrected chi connectivity index (χ0v) is 16.3. The fourth-order valence-corrected chi connectivity index (χ4v) is 2.79. The Morgan fingerprint density at radius 2 is 1.59 bits per heavy atom. The number of benzene rings is 2. The smallest absolute Gasteiger partial charge is 0.242 e. The van der Waals surface area contributed by atoms with Crippen molar-refractivity contribution in [2.24, 2.45) is 0 Å². The van der Waals surface area contributed by atoms with Crippen molar-refractivity contribution in [1.29, 1.82) is 0 Å². The minimum absolute atomic E-state index is 0.0956. The SMILES string of the molecule is CCCNC(=O)[C@H](C)NC(=O)CN[C@H](c1ccccc1)c1ccc(C)cc1. The second kappa shape index (κ2) is 10.5. The van der Waals surface area contributed by atoms with Gasteiger partial charge in [-0.2, -0.15) is 0 Å². The summed E-state index contributed by atoms with van der Waals surface area (Å²) in [6.45, 7) is 6.46. The molecule has 0 saturated carbocycles. The molecule has 0 aliphatic heterocycles. The lowest BCUT2D eigenvalue weighted by Crippen LogP contribution is -2.47. The maximum Gasteiger partial charge on any atom is 0.242 e. The van der Waals surface area contributed by atoms with Gasteiger partial charge in [-0.05, 0) is 31.4 Å². The van der Waals surface area contributed by atoms with E-state index in [1.165, 1.54) is 5.56 Å². The predicted molar refractivity (Wildman–Crippen MR) is 108 cm³/mol.